The van der Waals surface area contributed by atoms with Crippen molar-refractivity contribution < 1.29 is 5.11 Å². The first-order valence-electron chi connectivity index (χ1n) is 4.92. The lowest BCUT2D eigenvalue weighted by Crippen LogP contribution is -1.99. The molecule has 0 aliphatic carbocycles. The average molecular weight is 202 g/mol. The Hall–Kier alpha value is -1.77. The first kappa shape index (κ1) is 9.77. The predicted molar refractivity (Wildman–Crippen MR) is 59.4 cm³/mol. The maximum Gasteiger partial charge on any atom is 0.144 e. The fraction of sp³-hybridized carbons (Fsp3) is 0.250. The molecule has 0 atom stereocenters. The Bertz CT molecular complexity index is 500. The SMILES string of the molecule is Cc1cc(C)n(-c2cccc(C)c2O)n1. The molecule has 0 fully saturated rings. The minimum atomic E-state index is 0.295. The third-order valence-electron chi connectivity index (χ3n) is 2.45. The van der Waals surface area contributed by atoms with Gasteiger partial charge in [-0.1, -0.05) is 12.1 Å². The van der Waals surface area contributed by atoms with Crippen LogP contribution in [0.3, 0.4) is 0 Å². The Morgan fingerprint density at radius 2 is 1.93 bits per heavy atom. The molecule has 0 bridgehead atoms. The molecule has 0 spiro atoms. The highest BCUT2D eigenvalue weighted by atomic mass is 16.3. The monoisotopic (exact) mass is 202 g/mol. The Morgan fingerprint density at radius 3 is 2.53 bits per heavy atom. The molecule has 15 heavy (non-hydrogen) atoms. The molecule has 2 rings (SSSR count). The lowest BCUT2D eigenvalue weighted by molar-refractivity contribution is 0.465. The second-order valence-electron chi connectivity index (χ2n) is 3.78. The topological polar surface area (TPSA) is 38.0 Å². The summed E-state index contributed by atoms with van der Waals surface area (Å²) in [5.41, 5.74) is 3.57. The second-order valence-corrected chi connectivity index (χ2v) is 3.78. The van der Waals surface area contributed by atoms with E-state index in [1.54, 1.807) is 4.68 Å². The highest BCUT2D eigenvalue weighted by molar-refractivity contribution is 5.50. The standard InChI is InChI=1S/C12H14N2O/c1-8-5-4-6-11(12(8)15)14-10(3)7-9(2)13-14/h4-7,15H,1-3H3. The molecule has 0 radical (unpaired) electrons. The number of hydrogen-bond donors (Lipinski definition) is 1. The van der Waals surface area contributed by atoms with Crippen molar-refractivity contribution in [3.63, 3.8) is 0 Å². The average Bonchev–Trinajstić information content (AvgIpc) is 2.50. The number of aromatic hydroxyl groups is 1. The van der Waals surface area contributed by atoms with Crippen LogP contribution in [0.25, 0.3) is 5.69 Å². The van der Waals surface area contributed by atoms with E-state index < -0.39 is 0 Å². The molecule has 3 heteroatoms. The van der Waals surface area contributed by atoms with Crippen LogP contribution in [-0.2, 0) is 0 Å². The van der Waals surface area contributed by atoms with E-state index in [1.807, 2.05) is 45.0 Å². The van der Waals surface area contributed by atoms with E-state index in [4.69, 9.17) is 0 Å². The van der Waals surface area contributed by atoms with Gasteiger partial charge < -0.3 is 5.11 Å². The summed E-state index contributed by atoms with van der Waals surface area (Å²) in [6, 6.07) is 7.65. The Labute approximate surface area is 89.0 Å². The number of aryl methyl sites for hydroxylation is 3. The maximum atomic E-state index is 9.92. The Kier molecular flexibility index (Phi) is 2.23. The van der Waals surface area contributed by atoms with Crippen molar-refractivity contribution in [2.24, 2.45) is 0 Å². The lowest BCUT2D eigenvalue weighted by Gasteiger charge is -2.08. The number of phenolic OH excluding ortho intramolecular Hbond substituents is 1. The van der Waals surface area contributed by atoms with Crippen LogP contribution in [-0.4, -0.2) is 14.9 Å². The number of nitrogens with zero attached hydrogens (tertiary/aromatic N) is 2. The first-order valence-corrected chi connectivity index (χ1v) is 4.92. The highest BCUT2D eigenvalue weighted by Crippen LogP contribution is 2.25. The molecule has 2 aromatic rings. The molecule has 0 amide bonds. The fourth-order valence-electron chi connectivity index (χ4n) is 1.69. The van der Waals surface area contributed by atoms with Crippen LogP contribution in [0.1, 0.15) is 17.0 Å². The van der Waals surface area contributed by atoms with E-state index in [0.717, 1.165) is 22.6 Å². The first-order chi connectivity index (χ1) is 7.09. The number of hydrogen-bond acceptors (Lipinski definition) is 2. The summed E-state index contributed by atoms with van der Waals surface area (Å²) < 4.78 is 1.76. The number of benzene rings is 1. The summed E-state index contributed by atoms with van der Waals surface area (Å²) in [7, 11) is 0. The summed E-state index contributed by atoms with van der Waals surface area (Å²) in [5.74, 6) is 0.295. The molecule has 0 aliphatic heterocycles. The summed E-state index contributed by atoms with van der Waals surface area (Å²) >= 11 is 0. The summed E-state index contributed by atoms with van der Waals surface area (Å²) in [4.78, 5) is 0. The minimum absolute atomic E-state index is 0.295. The van der Waals surface area contributed by atoms with Gasteiger partial charge in [-0.25, -0.2) is 4.68 Å². The maximum absolute atomic E-state index is 9.92. The highest BCUT2D eigenvalue weighted by Gasteiger charge is 2.09. The summed E-state index contributed by atoms with van der Waals surface area (Å²) in [6.07, 6.45) is 0. The number of phenols is 1. The zero-order valence-corrected chi connectivity index (χ0v) is 9.15. The molecule has 1 aromatic carbocycles. The molecule has 0 saturated heterocycles. The molecule has 0 unspecified atom stereocenters. The molecule has 78 valence electrons. The third-order valence-corrected chi connectivity index (χ3v) is 2.45. The second kappa shape index (κ2) is 3.42. The summed E-state index contributed by atoms with van der Waals surface area (Å²) in [6.45, 7) is 5.79. The zero-order valence-electron chi connectivity index (χ0n) is 9.15. The van der Waals surface area contributed by atoms with Crippen LogP contribution >= 0.6 is 0 Å². The van der Waals surface area contributed by atoms with Crippen LogP contribution in [0.4, 0.5) is 0 Å². The minimum Gasteiger partial charge on any atom is -0.505 e. The normalized spacial score (nSPS) is 10.6. The van der Waals surface area contributed by atoms with Gasteiger partial charge in [0.2, 0.25) is 0 Å². The van der Waals surface area contributed by atoms with Gasteiger partial charge in [0, 0.05) is 5.69 Å². The van der Waals surface area contributed by atoms with Crippen molar-refractivity contribution in [1.29, 1.82) is 0 Å². The fourth-order valence-corrected chi connectivity index (χ4v) is 1.69. The molecule has 0 aliphatic rings. The van der Waals surface area contributed by atoms with E-state index in [9.17, 15) is 5.11 Å². The molecule has 1 heterocycles. The molecular formula is C12H14N2O. The van der Waals surface area contributed by atoms with Gasteiger partial charge in [-0.2, -0.15) is 5.10 Å². The zero-order chi connectivity index (χ0) is 11.0. The Morgan fingerprint density at radius 1 is 1.20 bits per heavy atom. The number of rotatable bonds is 1. The van der Waals surface area contributed by atoms with Gasteiger partial charge in [0.05, 0.1) is 5.69 Å². The van der Waals surface area contributed by atoms with Gasteiger partial charge in [-0.05, 0) is 38.5 Å². The summed E-state index contributed by atoms with van der Waals surface area (Å²) in [5, 5.41) is 14.3. The van der Waals surface area contributed by atoms with E-state index in [-0.39, 0.29) is 0 Å². The van der Waals surface area contributed by atoms with Crippen molar-refractivity contribution in [2.45, 2.75) is 20.8 Å². The van der Waals surface area contributed by atoms with Gasteiger partial charge in [0.15, 0.2) is 0 Å². The quantitative estimate of drug-likeness (QED) is 0.771. The van der Waals surface area contributed by atoms with E-state index in [1.165, 1.54) is 0 Å². The third kappa shape index (κ3) is 1.61. The van der Waals surface area contributed by atoms with Gasteiger partial charge >= 0.3 is 0 Å². The van der Waals surface area contributed by atoms with Crippen molar-refractivity contribution in [3.05, 3.63) is 41.2 Å². The molecule has 0 saturated carbocycles. The van der Waals surface area contributed by atoms with Crippen molar-refractivity contribution >= 4 is 0 Å². The van der Waals surface area contributed by atoms with Crippen LogP contribution in [0.5, 0.6) is 5.75 Å². The van der Waals surface area contributed by atoms with Crippen molar-refractivity contribution in [3.8, 4) is 11.4 Å². The number of para-hydroxylation sites is 1. The van der Waals surface area contributed by atoms with Crippen molar-refractivity contribution in [1.82, 2.24) is 9.78 Å². The van der Waals surface area contributed by atoms with Crippen LogP contribution in [0.15, 0.2) is 24.3 Å². The molecular weight excluding hydrogens is 188 g/mol. The van der Waals surface area contributed by atoms with Crippen LogP contribution in [0.2, 0.25) is 0 Å². The van der Waals surface area contributed by atoms with Gasteiger partial charge in [0.1, 0.15) is 11.4 Å². The van der Waals surface area contributed by atoms with E-state index in [0.29, 0.717) is 5.75 Å². The van der Waals surface area contributed by atoms with Crippen LogP contribution in [0, 0.1) is 20.8 Å². The van der Waals surface area contributed by atoms with E-state index >= 15 is 0 Å². The largest absolute Gasteiger partial charge is 0.505 e. The smallest absolute Gasteiger partial charge is 0.144 e. The van der Waals surface area contributed by atoms with E-state index in [2.05, 4.69) is 5.10 Å². The van der Waals surface area contributed by atoms with Gasteiger partial charge in [0.25, 0.3) is 0 Å². The number of aromatic nitrogens is 2. The van der Waals surface area contributed by atoms with Crippen molar-refractivity contribution in [2.75, 3.05) is 0 Å². The predicted octanol–water partition coefficient (Wildman–Crippen LogP) is 2.50. The Balaban J connectivity index is 2.64. The lowest BCUT2D eigenvalue weighted by atomic mass is 10.2. The molecule has 1 aromatic heterocycles. The van der Waals surface area contributed by atoms with Crippen LogP contribution < -0.4 is 0 Å². The van der Waals surface area contributed by atoms with Gasteiger partial charge in [-0.3, -0.25) is 0 Å². The van der Waals surface area contributed by atoms with Gasteiger partial charge in [-0.15, -0.1) is 0 Å². The molecule has 3 nitrogen and oxygen atoms in total. The molecule has 1 N–H and O–H groups in total.